The monoisotopic (exact) mass is 336 g/mol. The Balaban J connectivity index is 1.64. The zero-order chi connectivity index (χ0) is 17.6. The van der Waals surface area contributed by atoms with Gasteiger partial charge in [0.2, 0.25) is 5.95 Å². The summed E-state index contributed by atoms with van der Waals surface area (Å²) in [6.07, 6.45) is 3.86. The predicted octanol–water partition coefficient (Wildman–Crippen LogP) is 4.17. The van der Waals surface area contributed by atoms with E-state index in [9.17, 15) is 9.18 Å². The molecule has 1 amide bonds. The molecule has 126 valence electrons. The summed E-state index contributed by atoms with van der Waals surface area (Å²) in [5, 5.41) is 5.74. The zero-order valence-electron chi connectivity index (χ0n) is 13.7. The van der Waals surface area contributed by atoms with Gasteiger partial charge in [0, 0.05) is 23.8 Å². The van der Waals surface area contributed by atoms with Gasteiger partial charge in [-0.1, -0.05) is 19.1 Å². The average Bonchev–Trinajstić information content (AvgIpc) is 2.65. The number of hydrogen-bond acceptors (Lipinski definition) is 4. The molecule has 0 aliphatic rings. The highest BCUT2D eigenvalue weighted by Gasteiger charge is 2.08. The molecule has 0 atom stereocenters. The van der Waals surface area contributed by atoms with Gasteiger partial charge in [-0.25, -0.2) is 14.4 Å². The van der Waals surface area contributed by atoms with Gasteiger partial charge >= 0.3 is 0 Å². The van der Waals surface area contributed by atoms with Crippen molar-refractivity contribution in [2.75, 3.05) is 10.6 Å². The molecule has 5 nitrogen and oxygen atoms in total. The van der Waals surface area contributed by atoms with Gasteiger partial charge in [-0.15, -0.1) is 0 Å². The van der Waals surface area contributed by atoms with Crippen LogP contribution in [-0.2, 0) is 6.42 Å². The molecular weight excluding hydrogens is 319 g/mol. The Labute approximate surface area is 145 Å². The number of halogens is 1. The van der Waals surface area contributed by atoms with Gasteiger partial charge in [0.15, 0.2) is 0 Å². The van der Waals surface area contributed by atoms with Crippen molar-refractivity contribution < 1.29 is 9.18 Å². The molecule has 3 rings (SSSR count). The smallest absolute Gasteiger partial charge is 0.258 e. The summed E-state index contributed by atoms with van der Waals surface area (Å²) < 4.78 is 12.9. The van der Waals surface area contributed by atoms with Gasteiger partial charge in [0.05, 0.1) is 5.56 Å². The number of amides is 1. The van der Waals surface area contributed by atoms with Crippen molar-refractivity contribution in [2.45, 2.75) is 13.3 Å². The fraction of sp³-hybridized carbons (Fsp3) is 0.105. The molecule has 0 saturated carbocycles. The Morgan fingerprint density at radius 3 is 2.16 bits per heavy atom. The number of carbonyl (C=O) groups excluding carboxylic acids is 1. The number of nitrogens with zero attached hydrogens (tertiary/aromatic N) is 2. The van der Waals surface area contributed by atoms with E-state index >= 15 is 0 Å². The number of aromatic nitrogens is 2. The molecule has 0 spiro atoms. The van der Waals surface area contributed by atoms with Gasteiger partial charge in [0.25, 0.3) is 5.91 Å². The van der Waals surface area contributed by atoms with Crippen molar-refractivity contribution in [3.63, 3.8) is 0 Å². The lowest BCUT2D eigenvalue weighted by Gasteiger charge is -2.07. The highest BCUT2D eigenvalue weighted by atomic mass is 19.1. The molecule has 2 N–H and O–H groups in total. The topological polar surface area (TPSA) is 66.9 Å². The van der Waals surface area contributed by atoms with Crippen molar-refractivity contribution >= 4 is 23.2 Å². The van der Waals surface area contributed by atoms with Crippen LogP contribution in [0, 0.1) is 5.82 Å². The van der Waals surface area contributed by atoms with E-state index in [1.54, 1.807) is 0 Å². The van der Waals surface area contributed by atoms with Crippen LogP contribution in [-0.4, -0.2) is 15.9 Å². The minimum atomic E-state index is -0.358. The summed E-state index contributed by atoms with van der Waals surface area (Å²) >= 11 is 0. The fourth-order valence-corrected chi connectivity index (χ4v) is 2.20. The van der Waals surface area contributed by atoms with E-state index in [0.29, 0.717) is 17.2 Å². The summed E-state index contributed by atoms with van der Waals surface area (Å²) in [6, 6.07) is 13.5. The van der Waals surface area contributed by atoms with Crippen LogP contribution in [0.3, 0.4) is 0 Å². The number of anilines is 3. The minimum absolute atomic E-state index is 0.316. The van der Waals surface area contributed by atoms with Gasteiger partial charge in [-0.05, 0) is 48.4 Å². The lowest BCUT2D eigenvalue weighted by Crippen LogP contribution is -2.13. The number of rotatable bonds is 5. The standard InChI is InChI=1S/C19H17FN4O/c1-2-13-3-7-17(8-4-13)24-19-21-11-14(12-22-19)18(25)23-16-9-5-15(20)6-10-16/h3-12H,2H2,1H3,(H,23,25)(H,21,22,24). The molecule has 3 aromatic rings. The summed E-state index contributed by atoms with van der Waals surface area (Å²) in [6.45, 7) is 2.10. The van der Waals surface area contributed by atoms with E-state index in [4.69, 9.17) is 0 Å². The third-order valence-corrected chi connectivity index (χ3v) is 3.63. The maximum Gasteiger partial charge on any atom is 0.258 e. The first-order chi connectivity index (χ1) is 12.1. The molecule has 2 aromatic carbocycles. The third-order valence-electron chi connectivity index (χ3n) is 3.63. The molecular formula is C19H17FN4O. The van der Waals surface area contributed by atoms with Crippen molar-refractivity contribution in [2.24, 2.45) is 0 Å². The lowest BCUT2D eigenvalue weighted by molar-refractivity contribution is 0.102. The van der Waals surface area contributed by atoms with E-state index in [1.165, 1.54) is 42.2 Å². The molecule has 1 heterocycles. The highest BCUT2D eigenvalue weighted by molar-refractivity contribution is 6.03. The minimum Gasteiger partial charge on any atom is -0.324 e. The van der Waals surface area contributed by atoms with Gasteiger partial charge in [-0.3, -0.25) is 4.79 Å². The lowest BCUT2D eigenvalue weighted by atomic mass is 10.1. The first kappa shape index (κ1) is 16.6. The van der Waals surface area contributed by atoms with Gasteiger partial charge in [-0.2, -0.15) is 0 Å². The Bertz CT molecular complexity index is 846. The Morgan fingerprint density at radius 2 is 1.56 bits per heavy atom. The van der Waals surface area contributed by atoms with Crippen molar-refractivity contribution in [1.82, 2.24) is 9.97 Å². The number of aryl methyl sites for hydroxylation is 1. The molecule has 0 aliphatic heterocycles. The van der Waals surface area contributed by atoms with E-state index in [0.717, 1.165) is 12.1 Å². The van der Waals surface area contributed by atoms with Crippen LogP contribution in [0.2, 0.25) is 0 Å². The number of benzene rings is 2. The average molecular weight is 336 g/mol. The fourth-order valence-electron chi connectivity index (χ4n) is 2.20. The molecule has 0 aliphatic carbocycles. The normalized spacial score (nSPS) is 10.3. The molecule has 0 radical (unpaired) electrons. The number of nitrogens with one attached hydrogen (secondary N) is 2. The quantitative estimate of drug-likeness (QED) is 0.734. The first-order valence-corrected chi connectivity index (χ1v) is 7.89. The Morgan fingerprint density at radius 1 is 0.960 bits per heavy atom. The van der Waals surface area contributed by atoms with Gasteiger partial charge < -0.3 is 10.6 Å². The molecule has 0 fully saturated rings. The summed E-state index contributed by atoms with van der Waals surface area (Å²) in [5.41, 5.74) is 2.95. The van der Waals surface area contributed by atoms with Crippen LogP contribution in [0.5, 0.6) is 0 Å². The largest absolute Gasteiger partial charge is 0.324 e. The Kier molecular flexibility index (Phi) is 4.99. The molecule has 0 unspecified atom stereocenters. The van der Waals surface area contributed by atoms with Crippen LogP contribution in [0.4, 0.5) is 21.7 Å². The second-order valence-corrected chi connectivity index (χ2v) is 5.43. The van der Waals surface area contributed by atoms with Gasteiger partial charge in [0.1, 0.15) is 5.82 Å². The molecule has 6 heteroatoms. The maximum absolute atomic E-state index is 12.9. The van der Waals surface area contributed by atoms with Crippen molar-refractivity contribution in [3.8, 4) is 0 Å². The maximum atomic E-state index is 12.9. The third kappa shape index (κ3) is 4.38. The predicted molar refractivity (Wildman–Crippen MR) is 95.5 cm³/mol. The highest BCUT2D eigenvalue weighted by Crippen LogP contribution is 2.15. The summed E-state index contributed by atoms with van der Waals surface area (Å²) in [4.78, 5) is 20.4. The van der Waals surface area contributed by atoms with Crippen LogP contribution in [0.25, 0.3) is 0 Å². The molecule has 1 aromatic heterocycles. The molecule has 0 bridgehead atoms. The second kappa shape index (κ2) is 7.53. The Hall–Kier alpha value is -3.28. The van der Waals surface area contributed by atoms with E-state index < -0.39 is 0 Å². The molecule has 0 saturated heterocycles. The number of hydrogen-bond donors (Lipinski definition) is 2. The molecule has 25 heavy (non-hydrogen) atoms. The second-order valence-electron chi connectivity index (χ2n) is 5.43. The summed E-state index contributed by atoms with van der Waals surface area (Å²) in [7, 11) is 0. The van der Waals surface area contributed by atoms with Crippen LogP contribution in [0.15, 0.2) is 60.9 Å². The van der Waals surface area contributed by atoms with E-state index in [1.807, 2.05) is 24.3 Å². The van der Waals surface area contributed by atoms with E-state index in [2.05, 4.69) is 27.5 Å². The van der Waals surface area contributed by atoms with Crippen LogP contribution >= 0.6 is 0 Å². The van der Waals surface area contributed by atoms with Crippen molar-refractivity contribution in [1.29, 1.82) is 0 Å². The van der Waals surface area contributed by atoms with E-state index in [-0.39, 0.29) is 11.7 Å². The summed E-state index contributed by atoms with van der Waals surface area (Å²) in [5.74, 6) is -0.309. The zero-order valence-corrected chi connectivity index (χ0v) is 13.7. The van der Waals surface area contributed by atoms with Crippen LogP contribution < -0.4 is 10.6 Å². The SMILES string of the molecule is CCc1ccc(Nc2ncc(C(=O)Nc3ccc(F)cc3)cn2)cc1. The first-order valence-electron chi connectivity index (χ1n) is 7.89. The van der Waals surface area contributed by atoms with Crippen molar-refractivity contribution in [3.05, 3.63) is 77.9 Å². The number of carbonyl (C=O) groups is 1. The van der Waals surface area contributed by atoms with Crippen LogP contribution in [0.1, 0.15) is 22.8 Å².